The Balaban J connectivity index is 2.66. The predicted molar refractivity (Wildman–Crippen MR) is 86.5 cm³/mol. The standard InChI is InChI=1S/C14H20BrClO3S/c1-3-14(4-2,11-20(16,17)18)10-19-9-12-7-5-6-8-13(12)15/h5-8H,3-4,9-11H2,1-2H3. The first kappa shape index (κ1) is 18.0. The lowest BCUT2D eigenvalue weighted by atomic mass is 9.85. The first-order chi connectivity index (χ1) is 9.32. The van der Waals surface area contributed by atoms with E-state index in [1.165, 1.54) is 0 Å². The van der Waals surface area contributed by atoms with Crippen molar-refractivity contribution in [3.8, 4) is 0 Å². The fraction of sp³-hybridized carbons (Fsp3) is 0.571. The molecule has 0 saturated heterocycles. The van der Waals surface area contributed by atoms with Gasteiger partial charge in [0.15, 0.2) is 0 Å². The number of halogens is 2. The Morgan fingerprint density at radius 3 is 2.35 bits per heavy atom. The first-order valence-corrected chi connectivity index (χ1v) is 9.82. The van der Waals surface area contributed by atoms with Gasteiger partial charge in [0, 0.05) is 20.6 Å². The van der Waals surface area contributed by atoms with E-state index in [1.807, 2.05) is 38.1 Å². The van der Waals surface area contributed by atoms with Crippen molar-refractivity contribution in [3.05, 3.63) is 34.3 Å². The molecule has 0 amide bonds. The molecule has 0 aliphatic carbocycles. The summed E-state index contributed by atoms with van der Waals surface area (Å²) in [6.07, 6.45) is 1.43. The Hall–Kier alpha value is -0.100. The molecule has 0 spiro atoms. The Bertz CT molecular complexity index is 527. The van der Waals surface area contributed by atoms with Gasteiger partial charge >= 0.3 is 0 Å². The van der Waals surface area contributed by atoms with Crippen molar-refractivity contribution in [2.75, 3.05) is 12.4 Å². The summed E-state index contributed by atoms with van der Waals surface area (Å²) in [7, 11) is 1.88. The van der Waals surface area contributed by atoms with Gasteiger partial charge in [0.1, 0.15) is 0 Å². The average molecular weight is 384 g/mol. The van der Waals surface area contributed by atoms with E-state index in [9.17, 15) is 8.42 Å². The fourth-order valence-electron chi connectivity index (χ4n) is 2.06. The van der Waals surface area contributed by atoms with Crippen LogP contribution >= 0.6 is 26.6 Å². The van der Waals surface area contributed by atoms with E-state index in [0.29, 0.717) is 26.1 Å². The molecular weight excluding hydrogens is 364 g/mol. The van der Waals surface area contributed by atoms with Crippen LogP contribution in [0.2, 0.25) is 0 Å². The van der Waals surface area contributed by atoms with E-state index in [4.69, 9.17) is 15.4 Å². The fourth-order valence-corrected chi connectivity index (χ4v) is 4.38. The van der Waals surface area contributed by atoms with Crippen molar-refractivity contribution in [1.29, 1.82) is 0 Å². The molecule has 0 aliphatic rings. The largest absolute Gasteiger partial charge is 0.376 e. The van der Waals surface area contributed by atoms with E-state index in [1.54, 1.807) is 0 Å². The molecule has 0 aliphatic heterocycles. The molecule has 0 saturated carbocycles. The number of hydrogen-bond donors (Lipinski definition) is 0. The number of ether oxygens (including phenoxy) is 1. The lowest BCUT2D eigenvalue weighted by molar-refractivity contribution is 0.0397. The number of rotatable bonds is 8. The van der Waals surface area contributed by atoms with Crippen LogP contribution in [0, 0.1) is 5.41 Å². The van der Waals surface area contributed by atoms with Gasteiger partial charge in [-0.05, 0) is 24.5 Å². The molecule has 0 radical (unpaired) electrons. The quantitative estimate of drug-likeness (QED) is 0.627. The minimum absolute atomic E-state index is 0.0511. The first-order valence-electron chi connectivity index (χ1n) is 6.55. The van der Waals surface area contributed by atoms with Crippen molar-refractivity contribution < 1.29 is 13.2 Å². The topological polar surface area (TPSA) is 43.4 Å². The molecule has 1 aromatic carbocycles. The second-order valence-electron chi connectivity index (χ2n) is 4.97. The zero-order chi connectivity index (χ0) is 15.2. The Morgan fingerprint density at radius 1 is 1.25 bits per heavy atom. The zero-order valence-electron chi connectivity index (χ0n) is 11.7. The van der Waals surface area contributed by atoms with Gasteiger partial charge in [-0.2, -0.15) is 0 Å². The van der Waals surface area contributed by atoms with Crippen LogP contribution in [-0.2, 0) is 20.4 Å². The van der Waals surface area contributed by atoms with Gasteiger partial charge < -0.3 is 4.74 Å². The van der Waals surface area contributed by atoms with E-state index >= 15 is 0 Å². The molecule has 0 aromatic heterocycles. The molecular formula is C14H20BrClO3S. The van der Waals surface area contributed by atoms with Crippen LogP contribution in [0.25, 0.3) is 0 Å². The SMILES string of the molecule is CCC(CC)(COCc1ccccc1Br)CS(=O)(=O)Cl. The molecule has 1 rings (SSSR count). The van der Waals surface area contributed by atoms with Crippen molar-refractivity contribution in [3.63, 3.8) is 0 Å². The molecule has 6 heteroatoms. The van der Waals surface area contributed by atoms with Gasteiger partial charge in [0.05, 0.1) is 19.0 Å². The molecule has 1 aromatic rings. The molecule has 0 atom stereocenters. The zero-order valence-corrected chi connectivity index (χ0v) is 14.9. The molecule has 0 fully saturated rings. The third-order valence-corrected chi connectivity index (χ3v) is 5.66. The highest BCUT2D eigenvalue weighted by Crippen LogP contribution is 2.30. The van der Waals surface area contributed by atoms with Gasteiger partial charge in [-0.1, -0.05) is 48.0 Å². The van der Waals surface area contributed by atoms with Crippen molar-refractivity contribution in [1.82, 2.24) is 0 Å². The van der Waals surface area contributed by atoms with E-state index in [0.717, 1.165) is 10.0 Å². The molecule has 114 valence electrons. The number of hydrogen-bond acceptors (Lipinski definition) is 3. The van der Waals surface area contributed by atoms with Crippen LogP contribution < -0.4 is 0 Å². The van der Waals surface area contributed by atoms with Crippen LogP contribution in [-0.4, -0.2) is 20.8 Å². The van der Waals surface area contributed by atoms with E-state index in [-0.39, 0.29) is 5.75 Å². The summed E-state index contributed by atoms with van der Waals surface area (Å²) >= 11 is 3.46. The van der Waals surface area contributed by atoms with E-state index in [2.05, 4.69) is 15.9 Å². The van der Waals surface area contributed by atoms with E-state index < -0.39 is 14.5 Å². The predicted octanol–water partition coefficient (Wildman–Crippen LogP) is 4.34. The van der Waals surface area contributed by atoms with Crippen LogP contribution in [0.15, 0.2) is 28.7 Å². The molecule has 20 heavy (non-hydrogen) atoms. The van der Waals surface area contributed by atoms with Gasteiger partial charge in [-0.25, -0.2) is 8.42 Å². The highest BCUT2D eigenvalue weighted by atomic mass is 79.9. The molecule has 0 bridgehead atoms. The maximum Gasteiger partial charge on any atom is 0.233 e. The van der Waals surface area contributed by atoms with Crippen LogP contribution in [0.1, 0.15) is 32.3 Å². The van der Waals surface area contributed by atoms with Crippen molar-refractivity contribution in [2.45, 2.75) is 33.3 Å². The lowest BCUT2D eigenvalue weighted by Gasteiger charge is -2.30. The normalized spacial score (nSPS) is 12.6. The highest BCUT2D eigenvalue weighted by molar-refractivity contribution is 9.10. The second-order valence-corrected chi connectivity index (χ2v) is 8.61. The second kappa shape index (κ2) is 7.78. The van der Waals surface area contributed by atoms with Crippen molar-refractivity contribution >= 4 is 35.7 Å². The summed E-state index contributed by atoms with van der Waals surface area (Å²) in [5.41, 5.74) is 0.629. The number of benzene rings is 1. The Kier molecular flexibility index (Phi) is 6.98. The minimum atomic E-state index is -3.53. The highest BCUT2D eigenvalue weighted by Gasteiger charge is 2.32. The summed E-state index contributed by atoms with van der Waals surface area (Å²) < 4.78 is 29.4. The lowest BCUT2D eigenvalue weighted by Crippen LogP contribution is -2.32. The summed E-state index contributed by atoms with van der Waals surface area (Å²) in [4.78, 5) is 0. The summed E-state index contributed by atoms with van der Waals surface area (Å²) in [6, 6.07) is 7.81. The van der Waals surface area contributed by atoms with Crippen LogP contribution in [0.3, 0.4) is 0 Å². The third kappa shape index (κ3) is 5.72. The van der Waals surface area contributed by atoms with Crippen LogP contribution in [0.5, 0.6) is 0 Å². The molecule has 0 N–H and O–H groups in total. The van der Waals surface area contributed by atoms with Gasteiger partial charge in [-0.3, -0.25) is 0 Å². The smallest absolute Gasteiger partial charge is 0.233 e. The molecule has 3 nitrogen and oxygen atoms in total. The average Bonchev–Trinajstić information content (AvgIpc) is 2.38. The third-order valence-electron chi connectivity index (χ3n) is 3.60. The van der Waals surface area contributed by atoms with Crippen molar-refractivity contribution in [2.24, 2.45) is 5.41 Å². The van der Waals surface area contributed by atoms with Gasteiger partial charge in [0.2, 0.25) is 9.05 Å². The summed E-state index contributed by atoms with van der Waals surface area (Å²) in [6.45, 7) is 4.76. The van der Waals surface area contributed by atoms with Gasteiger partial charge in [0.25, 0.3) is 0 Å². The monoisotopic (exact) mass is 382 g/mol. The summed E-state index contributed by atoms with van der Waals surface area (Å²) in [5, 5.41) is 0. The van der Waals surface area contributed by atoms with Crippen LogP contribution in [0.4, 0.5) is 0 Å². The summed E-state index contributed by atoms with van der Waals surface area (Å²) in [5.74, 6) is -0.0511. The Morgan fingerprint density at radius 2 is 1.85 bits per heavy atom. The molecule has 0 heterocycles. The van der Waals surface area contributed by atoms with Gasteiger partial charge in [-0.15, -0.1) is 0 Å². The maximum absolute atomic E-state index is 11.4. The minimum Gasteiger partial charge on any atom is -0.376 e. The Labute approximate surface area is 134 Å². The molecule has 0 unspecified atom stereocenters. The maximum atomic E-state index is 11.4.